The van der Waals surface area contributed by atoms with E-state index in [2.05, 4.69) is 14.9 Å². The Balaban J connectivity index is 1.32. The van der Waals surface area contributed by atoms with Crippen LogP contribution in [-0.4, -0.2) is 39.4 Å². The van der Waals surface area contributed by atoms with Crippen molar-refractivity contribution in [1.29, 1.82) is 0 Å². The minimum Gasteiger partial charge on any atom is -0.495 e. The number of rotatable bonds is 8. The highest BCUT2D eigenvalue weighted by Gasteiger charge is 2.25. The average molecular weight is 512 g/mol. The molecule has 3 aromatic carbocycles. The van der Waals surface area contributed by atoms with E-state index in [1.807, 2.05) is 13.0 Å². The normalized spacial score (nSPS) is 14.9. The Hall–Kier alpha value is -3.43. The monoisotopic (exact) mass is 511 g/mol. The maximum atomic E-state index is 13.1. The van der Waals surface area contributed by atoms with Crippen molar-refractivity contribution in [1.82, 2.24) is 4.90 Å². The van der Waals surface area contributed by atoms with Gasteiger partial charge in [-0.3, -0.25) is 14.4 Å². The number of carbonyl (C=O) groups excluding carboxylic acids is 1. The summed E-state index contributed by atoms with van der Waals surface area (Å²) < 4.78 is 46.6. The summed E-state index contributed by atoms with van der Waals surface area (Å²) in [5.41, 5.74) is 2.85. The highest BCUT2D eigenvalue weighted by Crippen LogP contribution is 2.28. The first-order valence-corrected chi connectivity index (χ1v) is 13.3. The van der Waals surface area contributed by atoms with Gasteiger partial charge in [-0.25, -0.2) is 12.8 Å². The zero-order chi connectivity index (χ0) is 25.7. The number of ether oxygens (including phenoxy) is 1. The van der Waals surface area contributed by atoms with E-state index in [0.29, 0.717) is 17.1 Å². The second-order valence-corrected chi connectivity index (χ2v) is 10.7. The largest absolute Gasteiger partial charge is 0.495 e. The molecule has 0 saturated carbocycles. The van der Waals surface area contributed by atoms with Crippen LogP contribution in [0.3, 0.4) is 0 Å². The Morgan fingerprint density at radius 3 is 2.33 bits per heavy atom. The number of hydrogen-bond acceptors (Lipinski definition) is 5. The van der Waals surface area contributed by atoms with Gasteiger partial charge in [-0.1, -0.05) is 18.2 Å². The van der Waals surface area contributed by atoms with Crippen molar-refractivity contribution >= 4 is 27.3 Å². The molecule has 36 heavy (non-hydrogen) atoms. The Morgan fingerprint density at radius 1 is 1.03 bits per heavy atom. The van der Waals surface area contributed by atoms with Gasteiger partial charge in [0.05, 0.1) is 17.7 Å². The number of nitrogens with zero attached hydrogens (tertiary/aromatic N) is 1. The van der Waals surface area contributed by atoms with E-state index < -0.39 is 10.0 Å². The summed E-state index contributed by atoms with van der Waals surface area (Å²) in [7, 11) is -2.35. The third-order valence-electron chi connectivity index (χ3n) is 6.31. The second-order valence-electron chi connectivity index (χ2n) is 9.00. The number of anilines is 2. The molecule has 190 valence electrons. The number of amides is 1. The molecule has 2 N–H and O–H groups in total. The van der Waals surface area contributed by atoms with Gasteiger partial charge in [0.25, 0.3) is 10.0 Å². The minimum absolute atomic E-state index is 0.0744. The van der Waals surface area contributed by atoms with Gasteiger partial charge in [-0.15, -0.1) is 0 Å². The van der Waals surface area contributed by atoms with Crippen molar-refractivity contribution < 1.29 is 22.3 Å². The molecule has 0 radical (unpaired) electrons. The molecule has 1 amide bonds. The Bertz CT molecular complexity index is 1300. The van der Waals surface area contributed by atoms with Crippen LogP contribution >= 0.6 is 0 Å². The lowest BCUT2D eigenvalue weighted by atomic mass is 9.95. The van der Waals surface area contributed by atoms with Gasteiger partial charge in [-0.05, 0) is 92.5 Å². The number of nitrogens with one attached hydrogen (secondary N) is 2. The summed E-state index contributed by atoms with van der Waals surface area (Å²) in [4.78, 5) is 15.1. The van der Waals surface area contributed by atoms with Crippen LogP contribution in [0.25, 0.3) is 0 Å². The molecular weight excluding hydrogens is 481 g/mol. The topological polar surface area (TPSA) is 87.7 Å². The highest BCUT2D eigenvalue weighted by molar-refractivity contribution is 7.92. The summed E-state index contributed by atoms with van der Waals surface area (Å²) in [6.45, 7) is 4.15. The van der Waals surface area contributed by atoms with Crippen LogP contribution in [0.4, 0.5) is 15.8 Å². The fourth-order valence-corrected chi connectivity index (χ4v) is 5.33. The van der Waals surface area contributed by atoms with E-state index in [1.54, 1.807) is 36.4 Å². The molecular formula is C27H30FN3O4S. The molecule has 1 aliphatic rings. The third-order valence-corrected chi connectivity index (χ3v) is 7.69. The van der Waals surface area contributed by atoms with Crippen LogP contribution in [0.2, 0.25) is 0 Å². The summed E-state index contributed by atoms with van der Waals surface area (Å²) in [6, 6.07) is 17.8. The number of hydrogen-bond donors (Lipinski definition) is 2. The molecule has 0 spiro atoms. The molecule has 3 aromatic rings. The molecule has 1 heterocycles. The Morgan fingerprint density at radius 2 is 1.69 bits per heavy atom. The maximum absolute atomic E-state index is 13.1. The van der Waals surface area contributed by atoms with Crippen molar-refractivity contribution in [2.24, 2.45) is 5.92 Å². The first-order chi connectivity index (χ1) is 17.2. The zero-order valence-electron chi connectivity index (χ0n) is 20.3. The summed E-state index contributed by atoms with van der Waals surface area (Å²) in [6.07, 6.45) is 1.45. The van der Waals surface area contributed by atoms with Crippen LogP contribution in [0.5, 0.6) is 5.75 Å². The molecule has 9 heteroatoms. The van der Waals surface area contributed by atoms with Crippen LogP contribution in [0.15, 0.2) is 71.6 Å². The minimum atomic E-state index is -3.83. The molecule has 1 saturated heterocycles. The SMILES string of the molecule is COc1ccc(C)cc1NS(=O)(=O)c1ccc(NC(=O)C2CCN(Cc3ccc(F)cc3)CC2)cc1. The summed E-state index contributed by atoms with van der Waals surface area (Å²) >= 11 is 0. The van der Waals surface area contributed by atoms with E-state index in [1.165, 1.54) is 31.4 Å². The smallest absolute Gasteiger partial charge is 0.262 e. The first kappa shape index (κ1) is 25.7. The first-order valence-electron chi connectivity index (χ1n) is 11.8. The molecule has 7 nitrogen and oxygen atoms in total. The lowest BCUT2D eigenvalue weighted by molar-refractivity contribution is -0.121. The van der Waals surface area contributed by atoms with E-state index in [9.17, 15) is 17.6 Å². The molecule has 4 rings (SSSR count). The van der Waals surface area contributed by atoms with Gasteiger partial charge < -0.3 is 10.1 Å². The van der Waals surface area contributed by atoms with Crippen LogP contribution in [0, 0.1) is 18.7 Å². The molecule has 1 aliphatic heterocycles. The van der Waals surface area contributed by atoms with Crippen molar-refractivity contribution in [3.05, 3.63) is 83.7 Å². The van der Waals surface area contributed by atoms with E-state index in [-0.39, 0.29) is 22.5 Å². The maximum Gasteiger partial charge on any atom is 0.262 e. The van der Waals surface area contributed by atoms with Crippen molar-refractivity contribution in [2.75, 3.05) is 30.2 Å². The quantitative estimate of drug-likeness (QED) is 0.454. The van der Waals surface area contributed by atoms with Gasteiger partial charge in [0.1, 0.15) is 11.6 Å². The van der Waals surface area contributed by atoms with Gasteiger partial charge in [-0.2, -0.15) is 0 Å². The second kappa shape index (κ2) is 11.1. The number of sulfonamides is 1. The molecule has 0 aromatic heterocycles. The van der Waals surface area contributed by atoms with Crippen molar-refractivity contribution in [3.8, 4) is 5.75 Å². The number of aryl methyl sites for hydroxylation is 1. The predicted molar refractivity (Wildman–Crippen MR) is 138 cm³/mol. The average Bonchev–Trinajstić information content (AvgIpc) is 2.86. The number of piperidine rings is 1. The fourth-order valence-electron chi connectivity index (χ4n) is 4.27. The molecule has 0 aliphatic carbocycles. The number of methoxy groups -OCH3 is 1. The van der Waals surface area contributed by atoms with E-state index in [0.717, 1.165) is 43.6 Å². The van der Waals surface area contributed by atoms with Gasteiger partial charge in [0.15, 0.2) is 0 Å². The number of benzene rings is 3. The zero-order valence-corrected chi connectivity index (χ0v) is 21.1. The predicted octanol–water partition coefficient (Wildman–Crippen LogP) is 4.79. The lowest BCUT2D eigenvalue weighted by Crippen LogP contribution is -2.37. The van der Waals surface area contributed by atoms with E-state index in [4.69, 9.17) is 4.74 Å². The third kappa shape index (κ3) is 6.41. The Labute approximate surface area is 211 Å². The fraction of sp³-hybridized carbons (Fsp3) is 0.296. The molecule has 1 fully saturated rings. The van der Waals surface area contributed by atoms with Crippen molar-refractivity contribution in [3.63, 3.8) is 0 Å². The number of likely N-dealkylation sites (tertiary alicyclic amines) is 1. The van der Waals surface area contributed by atoms with Crippen LogP contribution in [0.1, 0.15) is 24.0 Å². The molecule has 0 unspecified atom stereocenters. The number of carbonyl (C=O) groups is 1. The number of halogens is 1. The molecule has 0 atom stereocenters. The van der Waals surface area contributed by atoms with Gasteiger partial charge in [0.2, 0.25) is 5.91 Å². The van der Waals surface area contributed by atoms with Crippen molar-refractivity contribution in [2.45, 2.75) is 31.2 Å². The highest BCUT2D eigenvalue weighted by atomic mass is 32.2. The molecule has 0 bridgehead atoms. The van der Waals surface area contributed by atoms with Crippen LogP contribution < -0.4 is 14.8 Å². The Kier molecular flexibility index (Phi) is 7.91. The van der Waals surface area contributed by atoms with E-state index >= 15 is 0 Å². The van der Waals surface area contributed by atoms with Gasteiger partial charge >= 0.3 is 0 Å². The van der Waals surface area contributed by atoms with Crippen LogP contribution in [-0.2, 0) is 21.4 Å². The summed E-state index contributed by atoms with van der Waals surface area (Å²) in [5.74, 6) is -0.0118. The van der Waals surface area contributed by atoms with Gasteiger partial charge in [0, 0.05) is 18.2 Å². The lowest BCUT2D eigenvalue weighted by Gasteiger charge is -2.31. The summed E-state index contributed by atoms with van der Waals surface area (Å²) in [5, 5.41) is 2.90. The standard InChI is InChI=1S/C27H30FN3O4S/c1-19-3-12-26(35-2)25(17-19)30-36(33,34)24-10-8-23(9-11-24)29-27(32)21-13-15-31(16-14-21)18-20-4-6-22(28)7-5-20/h3-12,17,21,30H,13-16,18H2,1-2H3,(H,29,32).